The van der Waals surface area contributed by atoms with Gasteiger partial charge in [-0.05, 0) is 13.0 Å². The van der Waals surface area contributed by atoms with E-state index in [1.165, 1.54) is 0 Å². The summed E-state index contributed by atoms with van der Waals surface area (Å²) in [5, 5.41) is 9.69. The zero-order valence-corrected chi connectivity index (χ0v) is 9.46. The number of hydrogen-bond acceptors (Lipinski definition) is 3. The van der Waals surface area contributed by atoms with Gasteiger partial charge in [0.15, 0.2) is 0 Å². The number of aromatic nitrogens is 3. The number of imidazole rings is 1. The highest BCUT2D eigenvalue weighted by atomic mass is 16.3. The Kier molecular flexibility index (Phi) is 3.01. The van der Waals surface area contributed by atoms with Crippen LogP contribution in [0.15, 0.2) is 30.7 Å². The van der Waals surface area contributed by atoms with Gasteiger partial charge < -0.3 is 5.11 Å². The molecule has 84 valence electrons. The monoisotopic (exact) mass is 217 g/mol. The van der Waals surface area contributed by atoms with Crippen LogP contribution >= 0.6 is 0 Å². The van der Waals surface area contributed by atoms with Crippen LogP contribution < -0.4 is 0 Å². The minimum Gasteiger partial charge on any atom is -0.389 e. The Labute approximate surface area is 94.6 Å². The molecule has 1 unspecified atom stereocenters. The lowest BCUT2D eigenvalue weighted by molar-refractivity contribution is 0.198. The van der Waals surface area contributed by atoms with Gasteiger partial charge >= 0.3 is 0 Å². The van der Waals surface area contributed by atoms with Crippen LogP contribution in [0.2, 0.25) is 0 Å². The predicted octanol–water partition coefficient (Wildman–Crippen LogP) is 1.88. The molecule has 16 heavy (non-hydrogen) atoms. The molecular weight excluding hydrogens is 202 g/mol. The first-order valence-electron chi connectivity index (χ1n) is 5.39. The number of aliphatic hydroxyl groups excluding tert-OH is 1. The third-order valence-electron chi connectivity index (χ3n) is 2.53. The van der Waals surface area contributed by atoms with Crippen LogP contribution in [-0.2, 0) is 6.42 Å². The fraction of sp³-hybridized carbons (Fsp3) is 0.333. The van der Waals surface area contributed by atoms with Gasteiger partial charge in [-0.25, -0.2) is 9.97 Å². The maximum atomic E-state index is 9.69. The van der Waals surface area contributed by atoms with Crippen LogP contribution in [0.3, 0.4) is 0 Å². The van der Waals surface area contributed by atoms with E-state index in [9.17, 15) is 5.11 Å². The summed E-state index contributed by atoms with van der Waals surface area (Å²) in [5.74, 6) is 1.70. The zero-order valence-electron chi connectivity index (χ0n) is 9.46. The lowest BCUT2D eigenvalue weighted by Crippen LogP contribution is -2.07. The largest absolute Gasteiger partial charge is 0.389 e. The number of nitrogens with zero attached hydrogens (tertiary/aromatic N) is 3. The Balaban J connectivity index is 2.55. The van der Waals surface area contributed by atoms with Crippen LogP contribution in [-0.4, -0.2) is 19.6 Å². The van der Waals surface area contributed by atoms with Crippen LogP contribution in [0.4, 0.5) is 0 Å². The predicted molar refractivity (Wildman–Crippen MR) is 61.4 cm³/mol. The highest BCUT2D eigenvalue weighted by molar-refractivity contribution is 5.36. The number of rotatable bonds is 3. The molecule has 2 heterocycles. The summed E-state index contributed by atoms with van der Waals surface area (Å²) >= 11 is 0. The lowest BCUT2D eigenvalue weighted by atomic mass is 10.1. The van der Waals surface area contributed by atoms with Crippen molar-refractivity contribution in [3.05, 3.63) is 42.1 Å². The van der Waals surface area contributed by atoms with E-state index in [1.54, 1.807) is 19.3 Å². The fourth-order valence-corrected chi connectivity index (χ4v) is 1.73. The summed E-state index contributed by atoms with van der Waals surface area (Å²) in [6, 6.07) is 3.71. The molecule has 0 bridgehead atoms. The minimum absolute atomic E-state index is 0.532. The Morgan fingerprint density at radius 3 is 2.88 bits per heavy atom. The molecule has 0 aliphatic carbocycles. The number of aryl methyl sites for hydroxylation is 1. The average Bonchev–Trinajstić information content (AvgIpc) is 2.76. The smallest absolute Gasteiger partial charge is 0.143 e. The Bertz CT molecular complexity index is 477. The topological polar surface area (TPSA) is 50.9 Å². The van der Waals surface area contributed by atoms with Gasteiger partial charge in [0.05, 0.1) is 6.10 Å². The molecular formula is C12H15N3O. The second kappa shape index (κ2) is 4.45. The van der Waals surface area contributed by atoms with E-state index in [4.69, 9.17) is 0 Å². The van der Waals surface area contributed by atoms with E-state index in [1.807, 2.05) is 29.8 Å². The van der Waals surface area contributed by atoms with E-state index in [0.717, 1.165) is 23.6 Å². The third kappa shape index (κ3) is 1.84. The van der Waals surface area contributed by atoms with Crippen molar-refractivity contribution in [3.8, 4) is 5.82 Å². The summed E-state index contributed by atoms with van der Waals surface area (Å²) in [7, 11) is 0. The van der Waals surface area contributed by atoms with Crippen LogP contribution in [0.1, 0.15) is 31.3 Å². The lowest BCUT2D eigenvalue weighted by Gasteiger charge is -2.12. The molecule has 1 atom stereocenters. The fourth-order valence-electron chi connectivity index (χ4n) is 1.73. The van der Waals surface area contributed by atoms with E-state index >= 15 is 0 Å². The molecule has 0 aromatic carbocycles. The summed E-state index contributed by atoms with van der Waals surface area (Å²) in [5.41, 5.74) is 0.815. The molecule has 0 aliphatic rings. The van der Waals surface area contributed by atoms with Crippen molar-refractivity contribution in [2.75, 3.05) is 0 Å². The van der Waals surface area contributed by atoms with E-state index < -0.39 is 6.10 Å². The van der Waals surface area contributed by atoms with Crippen molar-refractivity contribution in [1.82, 2.24) is 14.5 Å². The van der Waals surface area contributed by atoms with Gasteiger partial charge in [-0.1, -0.05) is 13.0 Å². The van der Waals surface area contributed by atoms with Gasteiger partial charge in [0.1, 0.15) is 11.6 Å². The SMILES string of the molecule is CCc1nccn1-c1ncccc1C(C)O. The van der Waals surface area contributed by atoms with Gasteiger partial charge in [0, 0.05) is 30.6 Å². The van der Waals surface area contributed by atoms with Crippen molar-refractivity contribution in [3.63, 3.8) is 0 Å². The molecule has 4 nitrogen and oxygen atoms in total. The number of pyridine rings is 1. The molecule has 1 N–H and O–H groups in total. The van der Waals surface area contributed by atoms with Gasteiger partial charge in [-0.15, -0.1) is 0 Å². The molecule has 2 rings (SSSR count). The third-order valence-corrected chi connectivity index (χ3v) is 2.53. The molecule has 0 aliphatic heterocycles. The molecule has 0 saturated carbocycles. The molecule has 4 heteroatoms. The van der Waals surface area contributed by atoms with Crippen molar-refractivity contribution in [2.24, 2.45) is 0 Å². The zero-order chi connectivity index (χ0) is 11.5. The summed E-state index contributed by atoms with van der Waals surface area (Å²) in [6.45, 7) is 3.78. The highest BCUT2D eigenvalue weighted by Crippen LogP contribution is 2.20. The van der Waals surface area contributed by atoms with Gasteiger partial charge in [0.25, 0.3) is 0 Å². The Hall–Kier alpha value is -1.68. The van der Waals surface area contributed by atoms with Crippen molar-refractivity contribution < 1.29 is 5.11 Å². The van der Waals surface area contributed by atoms with E-state index in [-0.39, 0.29) is 0 Å². The summed E-state index contributed by atoms with van der Waals surface area (Å²) in [6.07, 6.45) is 5.64. The first-order chi connectivity index (χ1) is 7.74. The second-order valence-electron chi connectivity index (χ2n) is 3.66. The second-order valence-corrected chi connectivity index (χ2v) is 3.66. The van der Waals surface area contributed by atoms with Gasteiger partial charge in [-0.2, -0.15) is 0 Å². The van der Waals surface area contributed by atoms with E-state index in [0.29, 0.717) is 0 Å². The first-order valence-corrected chi connectivity index (χ1v) is 5.39. The quantitative estimate of drug-likeness (QED) is 0.854. The number of aliphatic hydroxyl groups is 1. The van der Waals surface area contributed by atoms with Crippen LogP contribution in [0.25, 0.3) is 5.82 Å². The number of hydrogen-bond donors (Lipinski definition) is 1. The highest BCUT2D eigenvalue weighted by Gasteiger charge is 2.12. The standard InChI is InChI=1S/C12H15N3O/c1-3-11-13-7-8-15(11)12-10(9(2)16)5-4-6-14-12/h4-9,16H,3H2,1-2H3. The van der Waals surface area contributed by atoms with Gasteiger partial charge in [0.2, 0.25) is 0 Å². The molecule has 2 aromatic rings. The Morgan fingerprint density at radius 2 is 2.19 bits per heavy atom. The van der Waals surface area contributed by atoms with Crippen molar-refractivity contribution in [2.45, 2.75) is 26.4 Å². The van der Waals surface area contributed by atoms with Gasteiger partial charge in [-0.3, -0.25) is 4.57 Å². The minimum atomic E-state index is -0.532. The van der Waals surface area contributed by atoms with Crippen LogP contribution in [0.5, 0.6) is 0 Å². The summed E-state index contributed by atoms with van der Waals surface area (Å²) in [4.78, 5) is 8.57. The molecule has 0 spiro atoms. The molecule has 0 fully saturated rings. The van der Waals surface area contributed by atoms with Crippen LogP contribution in [0, 0.1) is 0 Å². The van der Waals surface area contributed by atoms with Crippen molar-refractivity contribution >= 4 is 0 Å². The first kappa shape index (κ1) is 10.8. The Morgan fingerprint density at radius 1 is 1.38 bits per heavy atom. The maximum absolute atomic E-state index is 9.69. The molecule has 0 radical (unpaired) electrons. The van der Waals surface area contributed by atoms with Crippen molar-refractivity contribution in [1.29, 1.82) is 0 Å². The normalized spacial score (nSPS) is 12.7. The molecule has 2 aromatic heterocycles. The molecule has 0 amide bonds. The summed E-state index contributed by atoms with van der Waals surface area (Å²) < 4.78 is 1.92. The maximum Gasteiger partial charge on any atom is 0.143 e. The van der Waals surface area contributed by atoms with E-state index in [2.05, 4.69) is 9.97 Å². The molecule has 0 saturated heterocycles. The average molecular weight is 217 g/mol.